The zero-order chi connectivity index (χ0) is 36.7. The highest BCUT2D eigenvalue weighted by Gasteiger charge is 2.38. The summed E-state index contributed by atoms with van der Waals surface area (Å²) >= 11 is 0. The number of aliphatic hydroxyl groups is 1. The molecular weight excluding hydrogens is 668 g/mol. The molecule has 4 aliphatic rings. The first-order valence-corrected chi connectivity index (χ1v) is 19.2. The summed E-state index contributed by atoms with van der Waals surface area (Å²) in [7, 11) is 1.70. The average Bonchev–Trinajstić information content (AvgIpc) is 3.42. The summed E-state index contributed by atoms with van der Waals surface area (Å²) in [6.07, 6.45) is 5.17. The van der Waals surface area contributed by atoms with E-state index in [1.54, 1.807) is 11.6 Å². The van der Waals surface area contributed by atoms with E-state index in [9.17, 15) is 24.3 Å². The van der Waals surface area contributed by atoms with Crippen LogP contribution in [-0.2, 0) is 21.4 Å². The van der Waals surface area contributed by atoms with Crippen molar-refractivity contribution in [1.82, 2.24) is 24.3 Å². The molecule has 4 fully saturated rings. The van der Waals surface area contributed by atoms with E-state index >= 15 is 0 Å². The van der Waals surface area contributed by atoms with Gasteiger partial charge in [0.25, 0.3) is 0 Å². The summed E-state index contributed by atoms with van der Waals surface area (Å²) in [4.78, 5) is 57.7. The van der Waals surface area contributed by atoms with Gasteiger partial charge >= 0.3 is 5.69 Å². The largest absolute Gasteiger partial charge is 0.388 e. The molecule has 0 spiro atoms. The fraction of sp³-hybridized carbons (Fsp3) is 0.476. The van der Waals surface area contributed by atoms with Crippen LogP contribution in [0.5, 0.6) is 0 Å². The number of hydrogen-bond donors (Lipinski definition) is 2. The molecule has 4 aromatic rings. The van der Waals surface area contributed by atoms with Crippen LogP contribution in [0, 0.1) is 23.7 Å². The Morgan fingerprint density at radius 2 is 1.60 bits per heavy atom. The highest BCUT2D eigenvalue weighted by molar-refractivity contribution is 6.00. The molecule has 5 heterocycles. The number of imidazole rings is 1. The minimum absolute atomic E-state index is 0.0480. The number of rotatable bonds is 5. The number of carbonyl (C=O) groups is 3. The van der Waals surface area contributed by atoms with Crippen LogP contribution in [0.25, 0.3) is 21.8 Å². The number of β-amino-alcohol motifs (C(OH)–C–C–N with tert-alkyl or cyclic N) is 1. The highest BCUT2D eigenvalue weighted by atomic mass is 16.3. The number of amides is 3. The van der Waals surface area contributed by atoms with Crippen molar-refractivity contribution in [3.63, 3.8) is 0 Å². The lowest BCUT2D eigenvalue weighted by Gasteiger charge is -2.43. The normalized spacial score (nSPS) is 21.8. The van der Waals surface area contributed by atoms with Crippen LogP contribution in [-0.4, -0.2) is 93.2 Å². The minimum atomic E-state index is -0.780. The van der Waals surface area contributed by atoms with Gasteiger partial charge in [-0.2, -0.15) is 0 Å². The molecule has 1 unspecified atom stereocenters. The van der Waals surface area contributed by atoms with E-state index in [-0.39, 0.29) is 29.8 Å². The number of benzene rings is 3. The third kappa shape index (κ3) is 7.10. The standard InChI is InChI=1S/C42H48N6O5/c1-44-37-27-33(11-12-35(37)48(41(44)52)36-13-14-38(49)43-39(36)50)46-23-17-32(18-24-46)40(51)47-25-19-42(53,20-26-47)28-45-21-15-29(16-22-45)9-10-31-7-4-6-30-5-2-3-8-34(30)31/h2-8,11-12,27,29,32,36,53H,13-26,28H2,1H3,(H,43,49,50). The van der Waals surface area contributed by atoms with E-state index in [0.717, 1.165) is 68.6 Å². The van der Waals surface area contributed by atoms with Gasteiger partial charge in [-0.05, 0) is 93.1 Å². The number of imide groups is 1. The molecule has 1 aromatic heterocycles. The van der Waals surface area contributed by atoms with Gasteiger partial charge in [-0.3, -0.25) is 28.8 Å². The van der Waals surface area contributed by atoms with Crippen LogP contribution in [0.4, 0.5) is 5.69 Å². The van der Waals surface area contributed by atoms with E-state index in [4.69, 9.17) is 0 Å². The van der Waals surface area contributed by atoms with Crippen LogP contribution in [0.3, 0.4) is 0 Å². The van der Waals surface area contributed by atoms with Gasteiger partial charge in [0.15, 0.2) is 0 Å². The second kappa shape index (κ2) is 14.5. The minimum Gasteiger partial charge on any atom is -0.388 e. The number of likely N-dealkylation sites (tertiary alicyclic amines) is 2. The molecule has 11 nitrogen and oxygen atoms in total. The van der Waals surface area contributed by atoms with Crippen LogP contribution in [0.2, 0.25) is 0 Å². The van der Waals surface area contributed by atoms with Crippen molar-refractivity contribution in [1.29, 1.82) is 0 Å². The van der Waals surface area contributed by atoms with Crippen LogP contribution in [0.15, 0.2) is 65.5 Å². The molecule has 3 aromatic carbocycles. The molecule has 0 bridgehead atoms. The van der Waals surface area contributed by atoms with Crippen LogP contribution in [0.1, 0.15) is 63.0 Å². The number of hydrogen-bond acceptors (Lipinski definition) is 7. The predicted octanol–water partition coefficient (Wildman–Crippen LogP) is 3.80. The number of carbonyl (C=O) groups excluding carboxylic acids is 3. The quantitative estimate of drug-likeness (QED) is 0.238. The molecule has 1 atom stereocenters. The maximum atomic E-state index is 13.6. The molecule has 0 radical (unpaired) electrons. The number of fused-ring (bicyclic) bond motifs is 2. The maximum Gasteiger partial charge on any atom is 0.329 e. The van der Waals surface area contributed by atoms with Gasteiger partial charge in [0.1, 0.15) is 6.04 Å². The van der Waals surface area contributed by atoms with Crippen molar-refractivity contribution in [2.24, 2.45) is 18.9 Å². The fourth-order valence-corrected chi connectivity index (χ4v) is 8.89. The van der Waals surface area contributed by atoms with Crippen molar-refractivity contribution < 1.29 is 19.5 Å². The van der Waals surface area contributed by atoms with Crippen molar-refractivity contribution in [3.05, 3.63) is 76.7 Å². The Balaban J connectivity index is 0.812. The zero-order valence-electron chi connectivity index (χ0n) is 30.4. The number of nitrogens with one attached hydrogen (secondary N) is 1. The highest BCUT2D eigenvalue weighted by Crippen LogP contribution is 2.32. The van der Waals surface area contributed by atoms with E-state index in [2.05, 4.69) is 69.4 Å². The van der Waals surface area contributed by atoms with Gasteiger partial charge in [-0.1, -0.05) is 48.2 Å². The number of anilines is 1. The Hall–Kier alpha value is -4.92. The summed E-state index contributed by atoms with van der Waals surface area (Å²) in [5.41, 5.74) is 2.38. The second-order valence-corrected chi connectivity index (χ2v) is 15.5. The maximum absolute atomic E-state index is 13.6. The molecular formula is C42H48N6O5. The third-order valence-corrected chi connectivity index (χ3v) is 12.1. The Labute approximate surface area is 309 Å². The number of piperidine rings is 4. The second-order valence-electron chi connectivity index (χ2n) is 15.5. The Bertz CT molecular complexity index is 2170. The van der Waals surface area contributed by atoms with Crippen LogP contribution < -0.4 is 15.9 Å². The van der Waals surface area contributed by atoms with Gasteiger partial charge in [-0.25, -0.2) is 4.79 Å². The Morgan fingerprint density at radius 3 is 2.36 bits per heavy atom. The molecule has 2 N–H and O–H groups in total. The summed E-state index contributed by atoms with van der Waals surface area (Å²) in [6, 6.07) is 19.8. The van der Waals surface area contributed by atoms with Crippen molar-refractivity contribution in [2.75, 3.05) is 50.7 Å². The first kappa shape index (κ1) is 35.1. The summed E-state index contributed by atoms with van der Waals surface area (Å²) in [5.74, 6) is 6.72. The van der Waals surface area contributed by atoms with Gasteiger partial charge < -0.3 is 19.8 Å². The molecule has 53 heavy (non-hydrogen) atoms. The van der Waals surface area contributed by atoms with E-state index in [0.29, 0.717) is 50.3 Å². The summed E-state index contributed by atoms with van der Waals surface area (Å²) in [5, 5.41) is 16.3. The molecule has 4 saturated heterocycles. The number of aromatic nitrogens is 2. The Kier molecular flexibility index (Phi) is 9.60. The van der Waals surface area contributed by atoms with Crippen molar-refractivity contribution >= 4 is 45.2 Å². The zero-order valence-corrected chi connectivity index (χ0v) is 30.4. The molecule has 8 rings (SSSR count). The summed E-state index contributed by atoms with van der Waals surface area (Å²) < 4.78 is 3.06. The van der Waals surface area contributed by atoms with Gasteiger partial charge in [-0.15, -0.1) is 0 Å². The molecule has 4 aliphatic heterocycles. The lowest BCUT2D eigenvalue weighted by Crippen LogP contribution is -2.54. The molecule has 0 saturated carbocycles. The van der Waals surface area contributed by atoms with Crippen LogP contribution >= 0.6 is 0 Å². The lowest BCUT2D eigenvalue weighted by atomic mass is 9.87. The van der Waals surface area contributed by atoms with Crippen molar-refractivity contribution in [2.45, 2.75) is 63.0 Å². The Morgan fingerprint density at radius 1 is 0.868 bits per heavy atom. The SMILES string of the molecule is Cn1c(=O)n(C2CCC(=O)NC2=O)c2ccc(N3CCC(C(=O)N4CCC(O)(CN5CCC(C#Cc6cccc7ccccc67)CC5)CC4)CC3)cc21. The lowest BCUT2D eigenvalue weighted by molar-refractivity contribution is -0.141. The van der Waals surface area contributed by atoms with E-state index in [1.807, 2.05) is 23.1 Å². The predicted molar refractivity (Wildman–Crippen MR) is 204 cm³/mol. The molecule has 276 valence electrons. The van der Waals surface area contributed by atoms with Gasteiger partial charge in [0.2, 0.25) is 17.7 Å². The van der Waals surface area contributed by atoms with E-state index in [1.165, 1.54) is 15.3 Å². The monoisotopic (exact) mass is 716 g/mol. The van der Waals surface area contributed by atoms with E-state index < -0.39 is 17.6 Å². The first-order chi connectivity index (χ1) is 25.7. The smallest absolute Gasteiger partial charge is 0.329 e. The number of aryl methyl sites for hydroxylation is 1. The number of nitrogens with zero attached hydrogens (tertiary/aromatic N) is 5. The summed E-state index contributed by atoms with van der Waals surface area (Å²) in [6.45, 7) is 5.10. The van der Waals surface area contributed by atoms with Gasteiger partial charge in [0, 0.05) is 69.3 Å². The first-order valence-electron chi connectivity index (χ1n) is 19.2. The molecule has 11 heteroatoms. The molecule has 3 amide bonds. The van der Waals surface area contributed by atoms with Crippen molar-refractivity contribution in [3.8, 4) is 11.8 Å². The van der Waals surface area contributed by atoms with Gasteiger partial charge in [0.05, 0.1) is 16.6 Å². The fourth-order valence-electron chi connectivity index (χ4n) is 8.89. The topological polar surface area (TPSA) is 120 Å². The third-order valence-electron chi connectivity index (χ3n) is 12.1. The molecule has 0 aliphatic carbocycles. The average molecular weight is 717 g/mol.